The zero-order chi connectivity index (χ0) is 25.4. The van der Waals surface area contributed by atoms with E-state index in [1.807, 2.05) is 0 Å². The van der Waals surface area contributed by atoms with E-state index in [1.54, 1.807) is 0 Å². The van der Waals surface area contributed by atoms with Crippen LogP contribution in [0, 0.1) is 0 Å². The van der Waals surface area contributed by atoms with Crippen molar-refractivity contribution in [2.45, 2.75) is 44.4 Å². The number of carboxylic acid groups (broad SMARTS) is 1. The van der Waals surface area contributed by atoms with Crippen molar-refractivity contribution >= 4 is 56.2 Å². The Labute approximate surface area is 197 Å². The van der Waals surface area contributed by atoms with Crippen molar-refractivity contribution in [2.75, 3.05) is 18.8 Å². The number of nitrogens with zero attached hydrogens (tertiary/aromatic N) is 4. The number of rotatable bonds is 9. The molecule has 2 aliphatic rings. The van der Waals surface area contributed by atoms with Gasteiger partial charge in [0.1, 0.15) is 11.7 Å². The predicted octanol–water partition coefficient (Wildman–Crippen LogP) is -1.57. The summed E-state index contributed by atoms with van der Waals surface area (Å²) in [5.74, 6) is -3.81. The number of carboxylic acids is 1. The lowest BCUT2D eigenvalue weighted by molar-refractivity contribution is -0.161. The highest BCUT2D eigenvalue weighted by Gasteiger charge is 2.55. The molecule has 2 saturated heterocycles. The zero-order valence-corrected chi connectivity index (χ0v) is 19.6. The van der Waals surface area contributed by atoms with Crippen molar-refractivity contribution in [3.05, 3.63) is 11.1 Å². The molecule has 0 radical (unpaired) electrons. The van der Waals surface area contributed by atoms with Gasteiger partial charge >= 0.3 is 16.3 Å². The summed E-state index contributed by atoms with van der Waals surface area (Å²) in [6.07, 6.45) is 0.795. The monoisotopic (exact) mass is 518 g/mol. The Morgan fingerprint density at radius 1 is 1.41 bits per heavy atom. The SMILES string of the molecule is CC(C)(ON=C(C(=O)N[C@@H]1C(=O)N(S(=O)(=O)O)[C@H]1CN1CCCC1=O)c1csc(N)n1)C(=O)O. The highest BCUT2D eigenvalue weighted by Crippen LogP contribution is 2.26. The van der Waals surface area contributed by atoms with Gasteiger partial charge in [-0.2, -0.15) is 8.42 Å². The molecule has 15 nitrogen and oxygen atoms in total. The Bertz CT molecular complexity index is 1160. The Kier molecular flexibility index (Phi) is 6.81. The van der Waals surface area contributed by atoms with E-state index in [-0.39, 0.29) is 34.0 Å². The lowest BCUT2D eigenvalue weighted by Gasteiger charge is -2.45. The number of likely N-dealkylation sites (tertiary alicyclic amines) is 1. The van der Waals surface area contributed by atoms with Crippen molar-refractivity contribution in [1.29, 1.82) is 0 Å². The van der Waals surface area contributed by atoms with Crippen molar-refractivity contribution in [3.8, 4) is 0 Å². The maximum atomic E-state index is 13.0. The third kappa shape index (κ3) is 5.10. The minimum atomic E-state index is -4.95. The number of carbonyl (C=O) groups is 4. The molecular formula is C17H22N6O9S2. The number of hydrogen-bond donors (Lipinski definition) is 4. The molecule has 2 fully saturated rings. The van der Waals surface area contributed by atoms with E-state index < -0.39 is 51.5 Å². The van der Waals surface area contributed by atoms with E-state index in [4.69, 9.17) is 10.6 Å². The van der Waals surface area contributed by atoms with Gasteiger partial charge < -0.3 is 25.9 Å². The molecule has 1 aromatic rings. The third-order valence-electron chi connectivity index (χ3n) is 5.14. The molecule has 3 rings (SSSR count). The van der Waals surface area contributed by atoms with Crippen LogP contribution in [-0.2, 0) is 34.3 Å². The van der Waals surface area contributed by atoms with Crippen LogP contribution in [0.4, 0.5) is 5.13 Å². The topological polar surface area (TPSA) is 222 Å². The fourth-order valence-corrected chi connectivity index (χ4v) is 4.69. The molecule has 34 heavy (non-hydrogen) atoms. The fraction of sp³-hybridized carbons (Fsp3) is 0.529. The number of nitrogens with one attached hydrogen (secondary N) is 1. The lowest BCUT2D eigenvalue weighted by Crippen LogP contribution is -2.74. The molecular weight excluding hydrogens is 496 g/mol. The third-order valence-corrected chi connectivity index (χ3v) is 6.76. The Morgan fingerprint density at radius 3 is 2.59 bits per heavy atom. The largest absolute Gasteiger partial charge is 0.478 e. The summed E-state index contributed by atoms with van der Waals surface area (Å²) in [4.78, 5) is 58.9. The first-order valence-electron chi connectivity index (χ1n) is 9.82. The van der Waals surface area contributed by atoms with Crippen LogP contribution < -0.4 is 11.1 Å². The second-order valence-corrected chi connectivity index (χ2v) is 10.2. The first-order chi connectivity index (χ1) is 15.7. The molecule has 2 aliphatic heterocycles. The van der Waals surface area contributed by atoms with Crippen molar-refractivity contribution in [2.24, 2.45) is 5.16 Å². The van der Waals surface area contributed by atoms with Crippen molar-refractivity contribution in [1.82, 2.24) is 19.5 Å². The van der Waals surface area contributed by atoms with E-state index in [0.717, 1.165) is 11.3 Å². The zero-order valence-electron chi connectivity index (χ0n) is 18.0. The van der Waals surface area contributed by atoms with E-state index in [0.29, 0.717) is 13.0 Å². The summed E-state index contributed by atoms with van der Waals surface area (Å²) in [5, 5.41) is 16.5. The quantitative estimate of drug-likeness (QED) is 0.126. The van der Waals surface area contributed by atoms with E-state index in [2.05, 4.69) is 15.5 Å². The summed E-state index contributed by atoms with van der Waals surface area (Å²) in [6.45, 7) is 2.46. The van der Waals surface area contributed by atoms with Crippen LogP contribution in [0.15, 0.2) is 10.5 Å². The summed E-state index contributed by atoms with van der Waals surface area (Å²) in [7, 11) is -4.95. The van der Waals surface area contributed by atoms with Crippen LogP contribution in [0.3, 0.4) is 0 Å². The van der Waals surface area contributed by atoms with Gasteiger partial charge in [-0.3, -0.25) is 18.9 Å². The van der Waals surface area contributed by atoms with Crippen LogP contribution in [-0.4, -0.2) is 92.4 Å². The number of anilines is 1. The minimum absolute atomic E-state index is 0.0655. The molecule has 17 heteroatoms. The molecule has 3 heterocycles. The molecule has 1 aromatic heterocycles. The number of carbonyl (C=O) groups excluding carboxylic acids is 3. The van der Waals surface area contributed by atoms with Gasteiger partial charge in [0.15, 0.2) is 10.8 Å². The van der Waals surface area contributed by atoms with Crippen LogP contribution >= 0.6 is 11.3 Å². The van der Waals surface area contributed by atoms with Gasteiger partial charge in [-0.1, -0.05) is 5.16 Å². The summed E-state index contributed by atoms with van der Waals surface area (Å²) in [6, 6.07) is -2.71. The second kappa shape index (κ2) is 9.15. The molecule has 0 saturated carbocycles. The van der Waals surface area contributed by atoms with Gasteiger partial charge in [-0.15, -0.1) is 11.3 Å². The van der Waals surface area contributed by atoms with E-state index in [9.17, 15) is 37.3 Å². The van der Waals surface area contributed by atoms with Crippen LogP contribution in [0.25, 0.3) is 0 Å². The maximum Gasteiger partial charge on any atom is 0.362 e. The molecule has 3 amide bonds. The van der Waals surface area contributed by atoms with Gasteiger partial charge in [-0.25, -0.2) is 14.1 Å². The second-order valence-electron chi connectivity index (χ2n) is 7.99. The fourth-order valence-electron chi connectivity index (χ4n) is 3.27. The Balaban J connectivity index is 1.87. The van der Waals surface area contributed by atoms with Gasteiger partial charge in [0.25, 0.3) is 11.8 Å². The molecule has 5 N–H and O–H groups in total. The number of nitrogens with two attached hydrogens (primary N) is 1. The number of amides is 3. The first kappa shape index (κ1) is 25.3. The molecule has 0 aliphatic carbocycles. The number of aromatic nitrogens is 1. The molecule has 0 aromatic carbocycles. The number of oxime groups is 1. The van der Waals surface area contributed by atoms with Crippen LogP contribution in [0.2, 0.25) is 0 Å². The first-order valence-corrected chi connectivity index (χ1v) is 12.1. The number of thiazole rings is 1. The summed E-state index contributed by atoms with van der Waals surface area (Å²) in [5.41, 5.74) is 3.18. The number of β-lactam (4-membered cyclic amide) rings is 1. The maximum absolute atomic E-state index is 13.0. The van der Waals surface area contributed by atoms with Gasteiger partial charge in [-0.05, 0) is 20.3 Å². The normalized spacial score (nSPS) is 21.4. The van der Waals surface area contributed by atoms with Gasteiger partial charge in [0.05, 0.1) is 6.04 Å². The highest BCUT2D eigenvalue weighted by atomic mass is 32.2. The number of hydrogen-bond acceptors (Lipinski definition) is 11. The van der Waals surface area contributed by atoms with Crippen molar-refractivity contribution in [3.63, 3.8) is 0 Å². The number of aliphatic carboxylic acids is 1. The molecule has 0 spiro atoms. The smallest absolute Gasteiger partial charge is 0.362 e. The highest BCUT2D eigenvalue weighted by molar-refractivity contribution is 7.84. The average Bonchev–Trinajstić information content (AvgIpc) is 3.32. The summed E-state index contributed by atoms with van der Waals surface area (Å²) < 4.78 is 33.0. The van der Waals surface area contributed by atoms with Gasteiger partial charge in [0.2, 0.25) is 11.5 Å². The predicted molar refractivity (Wildman–Crippen MR) is 116 cm³/mol. The Hall–Kier alpha value is -3.31. The molecule has 186 valence electrons. The van der Waals surface area contributed by atoms with E-state index in [1.165, 1.54) is 24.1 Å². The number of nitrogen functional groups attached to an aromatic ring is 1. The van der Waals surface area contributed by atoms with Crippen LogP contribution in [0.5, 0.6) is 0 Å². The van der Waals surface area contributed by atoms with E-state index >= 15 is 0 Å². The molecule has 0 unspecified atom stereocenters. The minimum Gasteiger partial charge on any atom is -0.478 e. The molecule has 0 bridgehead atoms. The van der Waals surface area contributed by atoms with Crippen molar-refractivity contribution < 1.29 is 42.1 Å². The van der Waals surface area contributed by atoms with Crippen LogP contribution in [0.1, 0.15) is 32.4 Å². The summed E-state index contributed by atoms with van der Waals surface area (Å²) >= 11 is 0.957. The Morgan fingerprint density at radius 2 is 2.09 bits per heavy atom. The lowest BCUT2D eigenvalue weighted by atomic mass is 9.97. The average molecular weight is 519 g/mol. The van der Waals surface area contributed by atoms with Gasteiger partial charge in [0, 0.05) is 24.9 Å². The molecule has 2 atom stereocenters. The standard InChI is InChI=1S/C17H22N6O9S2/c1-17(2,15(27)28)32-21-11(8-7-33-16(18)19-8)13(25)20-12-9(6-22-5-3-4-10(22)24)23(14(12)26)34(29,30)31/h7,9,12H,3-6H2,1-2H3,(H2,18,19)(H,20,25)(H,27,28)(H,29,30,31)/t9-,12-/m0/s1.